The molecule has 2 atom stereocenters. The fourth-order valence-electron chi connectivity index (χ4n) is 3.59. The highest BCUT2D eigenvalue weighted by Gasteiger charge is 2.33. The minimum absolute atomic E-state index is 0.715. The van der Waals surface area contributed by atoms with Gasteiger partial charge in [0.25, 0.3) is 0 Å². The van der Waals surface area contributed by atoms with Crippen molar-refractivity contribution in [2.24, 2.45) is 0 Å². The van der Waals surface area contributed by atoms with E-state index in [-0.39, 0.29) is 0 Å². The Morgan fingerprint density at radius 1 is 1.17 bits per heavy atom. The molecule has 0 unspecified atom stereocenters. The van der Waals surface area contributed by atoms with Gasteiger partial charge in [-0.2, -0.15) is 0 Å². The fraction of sp³-hybridized carbons (Fsp3) is 0.625. The second-order valence-corrected chi connectivity index (χ2v) is 5.90. The van der Waals surface area contributed by atoms with Crippen LogP contribution in [-0.2, 0) is 0 Å². The molecule has 1 saturated heterocycles. The predicted octanol–water partition coefficient (Wildman–Crippen LogP) is 3.02. The molecule has 18 heavy (non-hydrogen) atoms. The van der Waals surface area contributed by atoms with Gasteiger partial charge in [0.2, 0.25) is 0 Å². The topological polar surface area (TPSA) is 15.3 Å². The van der Waals surface area contributed by atoms with E-state index in [9.17, 15) is 0 Å². The van der Waals surface area contributed by atoms with Crippen LogP contribution in [-0.4, -0.2) is 25.2 Å². The molecule has 1 aliphatic heterocycles. The molecule has 1 N–H and O–H groups in total. The summed E-state index contributed by atoms with van der Waals surface area (Å²) in [4.78, 5) is 2.67. The van der Waals surface area contributed by atoms with Crippen LogP contribution >= 0.6 is 0 Å². The molecule has 2 fully saturated rings. The van der Waals surface area contributed by atoms with Crippen molar-refractivity contribution in [3.63, 3.8) is 0 Å². The molecule has 2 aliphatic rings. The number of rotatable bonds is 1. The van der Waals surface area contributed by atoms with Crippen molar-refractivity contribution in [1.82, 2.24) is 5.32 Å². The lowest BCUT2D eigenvalue weighted by Gasteiger charge is -2.46. The molecular formula is C16H24N2. The Morgan fingerprint density at radius 3 is 2.89 bits per heavy atom. The van der Waals surface area contributed by atoms with E-state index in [0.717, 1.165) is 13.1 Å². The van der Waals surface area contributed by atoms with Crippen molar-refractivity contribution in [2.45, 2.75) is 51.6 Å². The highest BCUT2D eigenvalue weighted by atomic mass is 15.2. The second-order valence-electron chi connectivity index (χ2n) is 5.90. The summed E-state index contributed by atoms with van der Waals surface area (Å²) in [5.41, 5.74) is 4.27. The van der Waals surface area contributed by atoms with Crippen molar-refractivity contribution >= 4 is 5.69 Å². The zero-order valence-electron chi connectivity index (χ0n) is 11.6. The standard InChI is InChI=1S/C16H24N2/c1-12-7-8-13(2)16(11-12)18-10-9-17-14-5-3-4-6-15(14)18/h7-8,11,14-15,17H,3-6,9-10H2,1-2H3/t14-,15-/m0/s1. The molecular weight excluding hydrogens is 220 g/mol. The van der Waals surface area contributed by atoms with Crippen LogP contribution in [0.25, 0.3) is 0 Å². The van der Waals surface area contributed by atoms with Gasteiger partial charge in [-0.3, -0.25) is 0 Å². The van der Waals surface area contributed by atoms with Crippen LogP contribution in [0.2, 0.25) is 0 Å². The summed E-state index contributed by atoms with van der Waals surface area (Å²) in [6.45, 7) is 6.73. The Morgan fingerprint density at radius 2 is 2.00 bits per heavy atom. The van der Waals surface area contributed by atoms with E-state index in [0.29, 0.717) is 12.1 Å². The summed E-state index contributed by atoms with van der Waals surface area (Å²) in [6, 6.07) is 8.29. The summed E-state index contributed by atoms with van der Waals surface area (Å²) < 4.78 is 0. The van der Waals surface area contributed by atoms with Crippen molar-refractivity contribution in [3.8, 4) is 0 Å². The first-order chi connectivity index (χ1) is 8.75. The monoisotopic (exact) mass is 244 g/mol. The Balaban J connectivity index is 1.91. The van der Waals surface area contributed by atoms with Gasteiger partial charge in [-0.1, -0.05) is 25.0 Å². The summed E-state index contributed by atoms with van der Waals surface area (Å²) in [5, 5.41) is 3.71. The minimum atomic E-state index is 0.715. The number of hydrogen-bond donors (Lipinski definition) is 1. The molecule has 3 rings (SSSR count). The molecule has 1 saturated carbocycles. The first-order valence-corrected chi connectivity index (χ1v) is 7.33. The fourth-order valence-corrected chi connectivity index (χ4v) is 3.59. The highest BCUT2D eigenvalue weighted by Crippen LogP contribution is 2.31. The average molecular weight is 244 g/mol. The molecule has 0 radical (unpaired) electrons. The van der Waals surface area contributed by atoms with Crippen LogP contribution in [0.15, 0.2) is 18.2 Å². The van der Waals surface area contributed by atoms with Crippen molar-refractivity contribution in [3.05, 3.63) is 29.3 Å². The van der Waals surface area contributed by atoms with Gasteiger partial charge in [-0.15, -0.1) is 0 Å². The number of piperazine rings is 1. The Bertz CT molecular complexity index is 425. The van der Waals surface area contributed by atoms with Gasteiger partial charge in [-0.25, -0.2) is 0 Å². The first-order valence-electron chi connectivity index (χ1n) is 7.33. The first kappa shape index (κ1) is 12.0. The third-order valence-corrected chi connectivity index (χ3v) is 4.56. The number of nitrogens with zero attached hydrogens (tertiary/aromatic N) is 1. The van der Waals surface area contributed by atoms with E-state index in [1.54, 1.807) is 0 Å². The molecule has 2 nitrogen and oxygen atoms in total. The maximum absolute atomic E-state index is 3.71. The molecule has 0 aromatic heterocycles. The van der Waals surface area contributed by atoms with Crippen LogP contribution in [0, 0.1) is 13.8 Å². The lowest BCUT2D eigenvalue weighted by Crippen LogP contribution is -2.59. The van der Waals surface area contributed by atoms with Gasteiger partial charge in [0.15, 0.2) is 0 Å². The lowest BCUT2D eigenvalue weighted by atomic mass is 9.87. The normalized spacial score (nSPS) is 28.0. The Hall–Kier alpha value is -1.02. The Kier molecular flexibility index (Phi) is 3.29. The number of benzene rings is 1. The third-order valence-electron chi connectivity index (χ3n) is 4.56. The van der Waals surface area contributed by atoms with Gasteiger partial charge >= 0.3 is 0 Å². The molecule has 0 amide bonds. The zero-order chi connectivity index (χ0) is 12.5. The summed E-state index contributed by atoms with van der Waals surface area (Å²) in [5.74, 6) is 0. The third kappa shape index (κ3) is 2.14. The Labute approximate surface area is 110 Å². The molecule has 1 heterocycles. The SMILES string of the molecule is Cc1ccc(C)c(N2CCN[C@H]3CCCC[C@@H]32)c1. The van der Waals surface area contributed by atoms with Crippen LogP contribution in [0.3, 0.4) is 0 Å². The number of nitrogens with one attached hydrogen (secondary N) is 1. The summed E-state index contributed by atoms with van der Waals surface area (Å²) >= 11 is 0. The highest BCUT2D eigenvalue weighted by molar-refractivity contribution is 5.56. The molecule has 98 valence electrons. The maximum atomic E-state index is 3.71. The van der Waals surface area contributed by atoms with Crippen LogP contribution in [0.4, 0.5) is 5.69 Å². The largest absolute Gasteiger partial charge is 0.365 e. The van der Waals surface area contributed by atoms with Gasteiger partial charge in [0, 0.05) is 30.9 Å². The van der Waals surface area contributed by atoms with E-state index < -0.39 is 0 Å². The quantitative estimate of drug-likeness (QED) is 0.817. The number of aryl methyl sites for hydroxylation is 2. The average Bonchev–Trinajstić information content (AvgIpc) is 2.41. The lowest BCUT2D eigenvalue weighted by molar-refractivity contribution is 0.284. The molecule has 0 bridgehead atoms. The maximum Gasteiger partial charge on any atom is 0.0443 e. The number of anilines is 1. The van der Waals surface area contributed by atoms with Crippen molar-refractivity contribution in [2.75, 3.05) is 18.0 Å². The smallest absolute Gasteiger partial charge is 0.0443 e. The number of fused-ring (bicyclic) bond motifs is 1. The predicted molar refractivity (Wildman–Crippen MR) is 77.3 cm³/mol. The van der Waals surface area contributed by atoms with E-state index in [1.807, 2.05) is 0 Å². The van der Waals surface area contributed by atoms with E-state index in [2.05, 4.69) is 42.3 Å². The van der Waals surface area contributed by atoms with Gasteiger partial charge < -0.3 is 10.2 Å². The van der Waals surface area contributed by atoms with Crippen LogP contribution in [0.1, 0.15) is 36.8 Å². The second kappa shape index (κ2) is 4.93. The molecule has 1 aliphatic carbocycles. The van der Waals surface area contributed by atoms with Crippen molar-refractivity contribution < 1.29 is 0 Å². The van der Waals surface area contributed by atoms with Crippen LogP contribution in [0.5, 0.6) is 0 Å². The minimum Gasteiger partial charge on any atom is -0.365 e. The van der Waals surface area contributed by atoms with Gasteiger partial charge in [-0.05, 0) is 43.9 Å². The molecule has 2 heteroatoms. The molecule has 1 aromatic rings. The van der Waals surface area contributed by atoms with Crippen LogP contribution < -0.4 is 10.2 Å². The van der Waals surface area contributed by atoms with Gasteiger partial charge in [0.05, 0.1) is 0 Å². The summed E-state index contributed by atoms with van der Waals surface area (Å²) in [7, 11) is 0. The zero-order valence-corrected chi connectivity index (χ0v) is 11.6. The summed E-state index contributed by atoms with van der Waals surface area (Å²) in [6.07, 6.45) is 5.50. The van der Waals surface area contributed by atoms with E-state index in [1.165, 1.54) is 42.5 Å². The molecule has 0 spiro atoms. The van der Waals surface area contributed by atoms with E-state index in [4.69, 9.17) is 0 Å². The van der Waals surface area contributed by atoms with E-state index >= 15 is 0 Å². The molecule has 1 aromatic carbocycles. The van der Waals surface area contributed by atoms with Gasteiger partial charge in [0.1, 0.15) is 0 Å². The van der Waals surface area contributed by atoms with Crippen molar-refractivity contribution in [1.29, 1.82) is 0 Å². The number of hydrogen-bond acceptors (Lipinski definition) is 2.